The first-order chi connectivity index (χ1) is 13.3. The van der Waals surface area contributed by atoms with Crippen LogP contribution in [0.2, 0.25) is 0 Å². The van der Waals surface area contributed by atoms with Gasteiger partial charge in [0.05, 0.1) is 17.1 Å². The smallest absolute Gasteiger partial charge is 0.326 e. The molecule has 0 fully saturated rings. The fourth-order valence-electron chi connectivity index (χ4n) is 2.54. The molecule has 3 rings (SSSR count). The zero-order valence-corrected chi connectivity index (χ0v) is 15.7. The number of H-pyrrole nitrogens is 2. The number of halogens is 1. The van der Waals surface area contributed by atoms with Crippen LogP contribution < -0.4 is 10.4 Å². The summed E-state index contributed by atoms with van der Waals surface area (Å²) in [6.45, 7) is 1.57. The number of aromatic hydroxyl groups is 1. The molecule has 0 unspecified atom stereocenters. The van der Waals surface area contributed by atoms with Crippen LogP contribution in [0.1, 0.15) is 12.6 Å². The van der Waals surface area contributed by atoms with Gasteiger partial charge in [-0.3, -0.25) is 4.98 Å². The van der Waals surface area contributed by atoms with Gasteiger partial charge in [-0.25, -0.2) is 17.6 Å². The number of hydrogen-bond donors (Lipinski definition) is 3. The zero-order chi connectivity index (χ0) is 20.3. The number of nitrogens with one attached hydrogen (secondary N) is 2. The Balaban J connectivity index is 1.79. The molecule has 0 aliphatic rings. The minimum atomic E-state index is -3.87. The summed E-state index contributed by atoms with van der Waals surface area (Å²) in [4.78, 5) is 15.8. The van der Waals surface area contributed by atoms with E-state index in [0.717, 1.165) is 4.31 Å². The molecule has 1 heterocycles. The summed E-state index contributed by atoms with van der Waals surface area (Å²) in [6.07, 6.45) is 0. The number of sulfonamides is 1. The molecule has 0 amide bonds. The van der Waals surface area contributed by atoms with Crippen LogP contribution in [0, 0.1) is 5.82 Å². The summed E-state index contributed by atoms with van der Waals surface area (Å²) in [7, 11) is -3.87. The highest BCUT2D eigenvalue weighted by Gasteiger charge is 2.25. The second-order valence-electron chi connectivity index (χ2n) is 5.86. The predicted octanol–water partition coefficient (Wildman–Crippen LogP) is 2.55. The van der Waals surface area contributed by atoms with Gasteiger partial charge in [0.1, 0.15) is 17.3 Å². The van der Waals surface area contributed by atoms with Crippen LogP contribution in [-0.4, -0.2) is 34.3 Å². The second-order valence-corrected chi connectivity index (χ2v) is 7.80. The van der Waals surface area contributed by atoms with Gasteiger partial charge in [0.15, 0.2) is 0 Å². The minimum absolute atomic E-state index is 0.0261. The maximum atomic E-state index is 12.9. The number of nitrogens with zero attached hydrogens (tertiary/aromatic N) is 1. The molecule has 0 aliphatic carbocycles. The Morgan fingerprint density at radius 2 is 1.61 bits per heavy atom. The van der Waals surface area contributed by atoms with E-state index in [2.05, 4.69) is 9.97 Å². The van der Waals surface area contributed by atoms with Crippen molar-refractivity contribution in [2.75, 3.05) is 6.54 Å². The molecule has 0 spiro atoms. The summed E-state index contributed by atoms with van der Waals surface area (Å²) < 4.78 is 45.3. The average Bonchev–Trinajstić information content (AvgIpc) is 2.99. The molecule has 0 bridgehead atoms. The standard InChI is InChI=1S/C18H18FN3O5S/c1-2-22(11-16-17(23)21-18(24)20-16)28(25,26)15-9-7-14(8-10-15)27-13-5-3-12(19)4-6-13/h3-10,23H,2,11H2,1H3,(H2,20,21,24). The van der Waals surface area contributed by atoms with E-state index in [-0.39, 0.29) is 29.5 Å². The van der Waals surface area contributed by atoms with Crippen molar-refractivity contribution in [3.05, 3.63) is 70.5 Å². The van der Waals surface area contributed by atoms with Crippen LogP contribution in [0.5, 0.6) is 17.4 Å². The molecule has 3 N–H and O–H groups in total. The normalized spacial score (nSPS) is 11.7. The summed E-state index contributed by atoms with van der Waals surface area (Å²) in [5.41, 5.74) is -0.546. The van der Waals surface area contributed by atoms with E-state index in [0.29, 0.717) is 11.5 Å². The van der Waals surface area contributed by atoms with Crippen molar-refractivity contribution in [1.82, 2.24) is 14.3 Å². The van der Waals surface area contributed by atoms with E-state index in [4.69, 9.17) is 4.74 Å². The number of ether oxygens (including phenoxy) is 1. The van der Waals surface area contributed by atoms with Gasteiger partial charge in [0.2, 0.25) is 15.9 Å². The van der Waals surface area contributed by atoms with Gasteiger partial charge < -0.3 is 14.8 Å². The van der Waals surface area contributed by atoms with E-state index >= 15 is 0 Å². The van der Waals surface area contributed by atoms with E-state index < -0.39 is 21.6 Å². The maximum Gasteiger partial charge on any atom is 0.326 e. The molecule has 10 heteroatoms. The number of hydrogen-bond acceptors (Lipinski definition) is 5. The van der Waals surface area contributed by atoms with Crippen molar-refractivity contribution >= 4 is 10.0 Å². The average molecular weight is 407 g/mol. The van der Waals surface area contributed by atoms with Gasteiger partial charge in [-0.1, -0.05) is 6.92 Å². The summed E-state index contributed by atoms with van der Waals surface area (Å²) >= 11 is 0. The molecule has 0 radical (unpaired) electrons. The first-order valence-electron chi connectivity index (χ1n) is 8.33. The monoisotopic (exact) mass is 407 g/mol. The van der Waals surface area contributed by atoms with E-state index in [1.807, 2.05) is 0 Å². The lowest BCUT2D eigenvalue weighted by atomic mass is 10.3. The number of aromatic amines is 2. The largest absolute Gasteiger partial charge is 0.493 e. The number of imidazole rings is 1. The quantitative estimate of drug-likeness (QED) is 0.557. The Labute approximate surface area is 160 Å². The van der Waals surface area contributed by atoms with Crippen molar-refractivity contribution in [1.29, 1.82) is 0 Å². The maximum absolute atomic E-state index is 12.9. The van der Waals surface area contributed by atoms with Gasteiger partial charge in [-0.05, 0) is 48.5 Å². The van der Waals surface area contributed by atoms with Gasteiger partial charge in [0.25, 0.3) is 0 Å². The van der Waals surface area contributed by atoms with Crippen molar-refractivity contribution in [3.63, 3.8) is 0 Å². The SMILES string of the molecule is CCN(Cc1[nH]c(=O)[nH]c1O)S(=O)(=O)c1ccc(Oc2ccc(F)cc2)cc1. The van der Waals surface area contributed by atoms with E-state index in [1.54, 1.807) is 6.92 Å². The highest BCUT2D eigenvalue weighted by atomic mass is 32.2. The second kappa shape index (κ2) is 7.87. The molecule has 148 valence electrons. The summed E-state index contributed by atoms with van der Waals surface area (Å²) in [5, 5.41) is 9.66. The predicted molar refractivity (Wildman–Crippen MR) is 99.3 cm³/mol. The van der Waals surface area contributed by atoms with Crippen molar-refractivity contribution < 1.29 is 22.7 Å². The highest BCUT2D eigenvalue weighted by Crippen LogP contribution is 2.25. The lowest BCUT2D eigenvalue weighted by Gasteiger charge is -2.20. The third-order valence-electron chi connectivity index (χ3n) is 3.98. The van der Waals surface area contributed by atoms with Gasteiger partial charge in [-0.15, -0.1) is 0 Å². The van der Waals surface area contributed by atoms with Crippen LogP contribution in [0.4, 0.5) is 4.39 Å². The lowest BCUT2D eigenvalue weighted by molar-refractivity contribution is 0.398. The van der Waals surface area contributed by atoms with Gasteiger partial charge in [-0.2, -0.15) is 4.31 Å². The third-order valence-corrected chi connectivity index (χ3v) is 5.92. The molecule has 0 atom stereocenters. The topological polar surface area (TPSA) is 115 Å². The van der Waals surface area contributed by atoms with Gasteiger partial charge in [0, 0.05) is 6.54 Å². The molecule has 3 aromatic rings. The lowest BCUT2D eigenvalue weighted by Crippen LogP contribution is -2.30. The van der Waals surface area contributed by atoms with Crippen molar-refractivity contribution in [2.24, 2.45) is 0 Å². The van der Waals surface area contributed by atoms with Crippen LogP contribution in [0.25, 0.3) is 0 Å². The molecule has 0 saturated carbocycles. The fourth-order valence-corrected chi connectivity index (χ4v) is 3.95. The summed E-state index contributed by atoms with van der Waals surface area (Å²) in [5.74, 6) is 0.0187. The highest BCUT2D eigenvalue weighted by molar-refractivity contribution is 7.89. The molecular formula is C18H18FN3O5S. The molecule has 28 heavy (non-hydrogen) atoms. The Morgan fingerprint density at radius 3 is 2.11 bits per heavy atom. The molecular weight excluding hydrogens is 389 g/mol. The third kappa shape index (κ3) is 4.24. The Morgan fingerprint density at radius 1 is 1.04 bits per heavy atom. The Bertz CT molecular complexity index is 1110. The molecule has 0 aliphatic heterocycles. The van der Waals surface area contributed by atoms with Crippen LogP contribution in [0.3, 0.4) is 0 Å². The minimum Gasteiger partial charge on any atom is -0.493 e. The number of aromatic nitrogens is 2. The first kappa shape index (κ1) is 19.6. The van der Waals surface area contributed by atoms with Crippen LogP contribution >= 0.6 is 0 Å². The molecule has 0 saturated heterocycles. The summed E-state index contributed by atoms with van der Waals surface area (Å²) in [6, 6.07) is 11.2. The van der Waals surface area contributed by atoms with Crippen molar-refractivity contribution in [3.8, 4) is 17.4 Å². The fraction of sp³-hybridized carbons (Fsp3) is 0.167. The molecule has 1 aromatic heterocycles. The number of rotatable bonds is 7. The molecule has 8 nitrogen and oxygen atoms in total. The van der Waals surface area contributed by atoms with Crippen LogP contribution in [-0.2, 0) is 16.6 Å². The Hall–Kier alpha value is -3.11. The molecule has 2 aromatic carbocycles. The Kier molecular flexibility index (Phi) is 5.52. The first-order valence-corrected chi connectivity index (χ1v) is 9.77. The van der Waals surface area contributed by atoms with E-state index in [1.165, 1.54) is 48.5 Å². The zero-order valence-electron chi connectivity index (χ0n) is 14.8. The van der Waals surface area contributed by atoms with Crippen molar-refractivity contribution in [2.45, 2.75) is 18.4 Å². The number of benzene rings is 2. The van der Waals surface area contributed by atoms with Crippen LogP contribution in [0.15, 0.2) is 58.2 Å². The van der Waals surface area contributed by atoms with Gasteiger partial charge >= 0.3 is 5.69 Å². The van der Waals surface area contributed by atoms with E-state index in [9.17, 15) is 22.7 Å².